The minimum atomic E-state index is -0.434. The van der Waals surface area contributed by atoms with Crippen molar-refractivity contribution in [2.24, 2.45) is 0 Å². The van der Waals surface area contributed by atoms with Gasteiger partial charge in [-0.05, 0) is 48.5 Å². The Morgan fingerprint density at radius 3 is 2.44 bits per heavy atom. The van der Waals surface area contributed by atoms with E-state index in [2.05, 4.69) is 15.0 Å². The molecule has 10 heteroatoms. The zero-order valence-electron chi connectivity index (χ0n) is 18.5. The van der Waals surface area contributed by atoms with Crippen molar-refractivity contribution in [1.29, 1.82) is 0 Å². The third-order valence-corrected chi connectivity index (χ3v) is 5.96. The van der Waals surface area contributed by atoms with E-state index in [1.165, 1.54) is 35.2 Å². The number of carbonyl (C=O) groups excluding carboxylic acids is 1. The van der Waals surface area contributed by atoms with E-state index < -0.39 is 11.4 Å². The second-order valence-corrected chi connectivity index (χ2v) is 7.96. The molecule has 5 rings (SSSR count). The van der Waals surface area contributed by atoms with Gasteiger partial charge in [-0.15, -0.1) is 0 Å². The van der Waals surface area contributed by atoms with E-state index in [4.69, 9.17) is 9.26 Å². The highest BCUT2D eigenvalue weighted by Crippen LogP contribution is 2.24. The molecule has 1 amide bonds. The number of hydrogen-bond acceptors (Lipinski definition) is 7. The van der Waals surface area contributed by atoms with Crippen LogP contribution in [0.3, 0.4) is 0 Å². The number of benzene rings is 2. The van der Waals surface area contributed by atoms with E-state index in [-0.39, 0.29) is 29.2 Å². The first-order chi connectivity index (χ1) is 16.5. The molecule has 34 heavy (non-hydrogen) atoms. The van der Waals surface area contributed by atoms with Gasteiger partial charge in [0, 0.05) is 37.4 Å². The summed E-state index contributed by atoms with van der Waals surface area (Å²) >= 11 is 0. The predicted molar refractivity (Wildman–Crippen MR) is 123 cm³/mol. The van der Waals surface area contributed by atoms with Crippen LogP contribution in [-0.4, -0.2) is 58.8 Å². The van der Waals surface area contributed by atoms with Crippen molar-refractivity contribution in [3.8, 4) is 17.0 Å². The smallest absolute Gasteiger partial charge is 0.267 e. The first kappa shape index (κ1) is 21.6. The van der Waals surface area contributed by atoms with Gasteiger partial charge in [0.05, 0.1) is 7.11 Å². The number of anilines is 1. The van der Waals surface area contributed by atoms with Crippen molar-refractivity contribution >= 4 is 22.7 Å². The molecule has 0 N–H and O–H groups in total. The first-order valence-corrected chi connectivity index (χ1v) is 10.8. The lowest BCUT2D eigenvalue weighted by Crippen LogP contribution is -2.50. The van der Waals surface area contributed by atoms with Crippen LogP contribution in [0.2, 0.25) is 0 Å². The van der Waals surface area contributed by atoms with Crippen LogP contribution in [0.4, 0.5) is 10.1 Å². The minimum absolute atomic E-state index is 0.0705. The number of amides is 1. The normalized spacial score (nSPS) is 13.9. The lowest BCUT2D eigenvalue weighted by Gasteiger charge is -2.36. The molecule has 9 nitrogen and oxygen atoms in total. The van der Waals surface area contributed by atoms with Crippen LogP contribution >= 0.6 is 0 Å². The van der Waals surface area contributed by atoms with Crippen LogP contribution < -0.4 is 15.2 Å². The second-order valence-electron chi connectivity index (χ2n) is 7.96. The molecule has 1 aliphatic rings. The van der Waals surface area contributed by atoms with Crippen LogP contribution in [0.25, 0.3) is 22.4 Å². The maximum Gasteiger partial charge on any atom is 0.267 e. The van der Waals surface area contributed by atoms with E-state index >= 15 is 0 Å². The molecule has 3 heterocycles. The van der Waals surface area contributed by atoms with Crippen molar-refractivity contribution in [2.75, 3.05) is 38.2 Å². The first-order valence-electron chi connectivity index (χ1n) is 10.8. The minimum Gasteiger partial charge on any atom is -0.497 e. The van der Waals surface area contributed by atoms with Gasteiger partial charge in [-0.25, -0.2) is 9.37 Å². The van der Waals surface area contributed by atoms with Gasteiger partial charge in [-0.2, -0.15) is 0 Å². The monoisotopic (exact) mass is 463 g/mol. The summed E-state index contributed by atoms with van der Waals surface area (Å²) < 4.78 is 24.9. The van der Waals surface area contributed by atoms with E-state index in [0.717, 1.165) is 11.4 Å². The summed E-state index contributed by atoms with van der Waals surface area (Å²) in [6, 6.07) is 13.4. The number of ether oxygens (including phenoxy) is 1. The van der Waals surface area contributed by atoms with Gasteiger partial charge in [-0.3, -0.25) is 14.2 Å². The van der Waals surface area contributed by atoms with Crippen molar-refractivity contribution in [2.45, 2.75) is 6.54 Å². The molecule has 0 saturated carbocycles. The molecule has 174 valence electrons. The number of piperazine rings is 1. The van der Waals surface area contributed by atoms with Crippen molar-refractivity contribution < 1.29 is 18.4 Å². The van der Waals surface area contributed by atoms with Gasteiger partial charge in [-0.1, -0.05) is 5.16 Å². The highest BCUT2D eigenvalue weighted by Gasteiger charge is 2.23. The number of fused-ring (bicyclic) bond motifs is 1. The fourth-order valence-electron chi connectivity index (χ4n) is 4.05. The maximum absolute atomic E-state index is 13.3. The number of aromatic nitrogens is 3. The van der Waals surface area contributed by atoms with Crippen molar-refractivity contribution in [3.63, 3.8) is 0 Å². The summed E-state index contributed by atoms with van der Waals surface area (Å²) in [4.78, 5) is 34.1. The van der Waals surface area contributed by atoms with Gasteiger partial charge in [0.15, 0.2) is 0 Å². The fraction of sp³-hybridized carbons (Fsp3) is 0.250. The molecule has 4 aromatic rings. The number of nitrogens with zero attached hydrogens (tertiary/aromatic N) is 5. The molecular formula is C24H22FN5O4. The molecule has 2 aromatic carbocycles. The summed E-state index contributed by atoms with van der Waals surface area (Å²) in [6.07, 6.45) is 1.29. The lowest BCUT2D eigenvalue weighted by atomic mass is 10.1. The molecule has 1 aliphatic heterocycles. The fourth-order valence-corrected chi connectivity index (χ4v) is 4.05. The Kier molecular flexibility index (Phi) is 5.70. The Hall–Kier alpha value is -4.21. The molecule has 0 radical (unpaired) electrons. The third-order valence-electron chi connectivity index (χ3n) is 5.96. The van der Waals surface area contributed by atoms with Gasteiger partial charge >= 0.3 is 0 Å². The molecule has 0 spiro atoms. The average Bonchev–Trinajstić information content (AvgIpc) is 3.31. The van der Waals surface area contributed by atoms with E-state index in [1.54, 1.807) is 12.0 Å². The van der Waals surface area contributed by atoms with Crippen LogP contribution in [0.15, 0.2) is 64.2 Å². The van der Waals surface area contributed by atoms with Gasteiger partial charge in [0.2, 0.25) is 5.91 Å². The van der Waals surface area contributed by atoms with Crippen LogP contribution in [0, 0.1) is 5.82 Å². The van der Waals surface area contributed by atoms with E-state index in [1.807, 2.05) is 24.3 Å². The number of methoxy groups -OCH3 is 1. The molecular weight excluding hydrogens is 441 g/mol. The van der Waals surface area contributed by atoms with Crippen molar-refractivity contribution in [1.82, 2.24) is 19.6 Å². The second kappa shape index (κ2) is 8.97. The Balaban J connectivity index is 1.30. The van der Waals surface area contributed by atoms with Crippen LogP contribution in [0.1, 0.15) is 0 Å². The number of halogens is 1. The largest absolute Gasteiger partial charge is 0.497 e. The van der Waals surface area contributed by atoms with Crippen LogP contribution in [0.5, 0.6) is 5.75 Å². The molecule has 0 bridgehead atoms. The zero-order valence-corrected chi connectivity index (χ0v) is 18.5. The third kappa shape index (κ3) is 4.09. The summed E-state index contributed by atoms with van der Waals surface area (Å²) in [6.45, 7) is 2.32. The standard InChI is InChI=1S/C24H22FN5O4/c1-33-19-8-6-18(7-9-19)28-10-12-29(13-11-28)20(31)14-30-15-26-23-21(24(30)32)22(27-34-23)16-2-4-17(25)5-3-16/h2-9,15H,10-14H2,1H3. The predicted octanol–water partition coefficient (Wildman–Crippen LogP) is 2.55. The number of rotatable bonds is 5. The molecule has 0 unspecified atom stereocenters. The highest BCUT2D eigenvalue weighted by molar-refractivity contribution is 5.88. The molecule has 1 saturated heterocycles. The maximum atomic E-state index is 13.3. The lowest BCUT2D eigenvalue weighted by molar-refractivity contribution is -0.132. The Morgan fingerprint density at radius 1 is 1.06 bits per heavy atom. The molecule has 0 atom stereocenters. The summed E-state index contributed by atoms with van der Waals surface area (Å²) in [5.74, 6) is 0.228. The highest BCUT2D eigenvalue weighted by atomic mass is 19.1. The summed E-state index contributed by atoms with van der Waals surface area (Å²) in [5, 5.41) is 4.09. The van der Waals surface area contributed by atoms with E-state index in [0.29, 0.717) is 31.7 Å². The van der Waals surface area contributed by atoms with Crippen molar-refractivity contribution in [3.05, 3.63) is 71.0 Å². The molecule has 2 aromatic heterocycles. The summed E-state index contributed by atoms with van der Waals surface area (Å²) in [7, 11) is 1.63. The zero-order chi connectivity index (χ0) is 23.7. The average molecular weight is 463 g/mol. The molecule has 0 aliphatic carbocycles. The SMILES string of the molecule is COc1ccc(N2CCN(C(=O)Cn3cnc4onc(-c5ccc(F)cc5)c4c3=O)CC2)cc1. The Bertz CT molecular complexity index is 1370. The van der Waals surface area contributed by atoms with E-state index in [9.17, 15) is 14.0 Å². The van der Waals surface area contributed by atoms with Gasteiger partial charge < -0.3 is 19.1 Å². The quantitative estimate of drug-likeness (QED) is 0.449. The number of hydrogen-bond donors (Lipinski definition) is 0. The van der Waals surface area contributed by atoms with Gasteiger partial charge in [0.1, 0.15) is 35.5 Å². The van der Waals surface area contributed by atoms with Crippen LogP contribution in [-0.2, 0) is 11.3 Å². The topological polar surface area (TPSA) is 93.7 Å². The Labute approximate surface area is 194 Å². The molecule has 1 fully saturated rings. The van der Waals surface area contributed by atoms with Gasteiger partial charge in [0.25, 0.3) is 11.3 Å². The Morgan fingerprint density at radius 2 is 1.76 bits per heavy atom. The number of carbonyl (C=O) groups is 1. The summed E-state index contributed by atoms with van der Waals surface area (Å²) in [5.41, 5.74) is 1.50.